The predicted octanol–water partition coefficient (Wildman–Crippen LogP) is 7.30. The third-order valence-corrected chi connectivity index (χ3v) is 7.90. The minimum Gasteiger partial charge on any atom is -0.506 e. The zero-order valence-electron chi connectivity index (χ0n) is 28.0. The van der Waals surface area contributed by atoms with Gasteiger partial charge in [-0.15, -0.1) is 45.0 Å². The molecule has 0 bridgehead atoms. The van der Waals surface area contributed by atoms with Crippen LogP contribution in [-0.4, -0.2) is 60.3 Å². The minimum atomic E-state index is 0.177. The zero-order chi connectivity index (χ0) is 35.5. The Morgan fingerprint density at radius 1 is 0.333 bits per heavy atom. The van der Waals surface area contributed by atoms with Crippen LogP contribution in [-0.2, 0) is 0 Å². The molecule has 12 heteroatoms. The lowest BCUT2D eigenvalue weighted by atomic mass is 10.2. The lowest BCUT2D eigenvalue weighted by Gasteiger charge is -2.03. The van der Waals surface area contributed by atoms with Gasteiger partial charge in [0, 0.05) is 0 Å². The van der Waals surface area contributed by atoms with Crippen LogP contribution in [0, 0.1) is 20.8 Å². The van der Waals surface area contributed by atoms with Gasteiger partial charge in [-0.3, -0.25) is 0 Å². The molecule has 9 rings (SSSR count). The van der Waals surface area contributed by atoms with E-state index in [1.807, 2.05) is 130 Å². The molecule has 0 atom stereocenters. The SMILES string of the molecule is Cc1ccc(O)c(-n2nc3ccccc3n2)c1.Cc1ccc(O)c(-n2nc3ccccc3n2)c1.Cc1ccc(O)c(-n2nc3ccccc3n2)c1. The molecule has 252 valence electrons. The molecule has 0 aliphatic rings. The van der Waals surface area contributed by atoms with E-state index in [1.165, 1.54) is 14.4 Å². The molecule has 0 saturated heterocycles. The van der Waals surface area contributed by atoms with Gasteiger partial charge in [-0.25, -0.2) is 0 Å². The first-order chi connectivity index (χ1) is 24.7. The number of nitrogens with zero attached hydrogens (tertiary/aromatic N) is 9. The summed E-state index contributed by atoms with van der Waals surface area (Å²) in [5.74, 6) is 0.530. The molecule has 9 aromatic rings. The highest BCUT2D eigenvalue weighted by Crippen LogP contribution is 2.25. The maximum absolute atomic E-state index is 9.81. The van der Waals surface area contributed by atoms with Crippen LogP contribution >= 0.6 is 0 Å². The topological polar surface area (TPSA) is 153 Å². The van der Waals surface area contributed by atoms with Crippen LogP contribution in [0.15, 0.2) is 127 Å². The normalized spacial score (nSPS) is 10.9. The van der Waals surface area contributed by atoms with Crippen molar-refractivity contribution in [3.05, 3.63) is 144 Å². The first kappa shape index (κ1) is 32.5. The average Bonchev–Trinajstić information content (AvgIpc) is 3.88. The molecule has 0 amide bonds. The van der Waals surface area contributed by atoms with Crippen LogP contribution in [0.5, 0.6) is 17.2 Å². The van der Waals surface area contributed by atoms with Gasteiger partial charge in [0.1, 0.15) is 67.4 Å². The lowest BCUT2D eigenvalue weighted by Crippen LogP contribution is -1.99. The summed E-state index contributed by atoms with van der Waals surface area (Å²) < 4.78 is 0. The Hall–Kier alpha value is -7.08. The van der Waals surface area contributed by atoms with Crippen LogP contribution < -0.4 is 0 Å². The van der Waals surface area contributed by atoms with E-state index in [0.29, 0.717) is 17.1 Å². The number of aryl methyl sites for hydroxylation is 3. The maximum atomic E-state index is 9.81. The van der Waals surface area contributed by atoms with Crippen molar-refractivity contribution in [1.29, 1.82) is 0 Å². The summed E-state index contributed by atoms with van der Waals surface area (Å²) in [4.78, 5) is 4.40. The standard InChI is InChI=1S/3C13H11N3O/c3*1-9-6-7-13(17)12(8-9)16-14-10-4-2-3-5-11(10)15-16/h3*2-8,17H,1H3. The fraction of sp³-hybridized carbons (Fsp3) is 0.0769. The van der Waals surface area contributed by atoms with Crippen LogP contribution in [0.4, 0.5) is 0 Å². The van der Waals surface area contributed by atoms with E-state index in [0.717, 1.165) is 49.8 Å². The number of phenolic OH excluding ortho intramolecular Hbond substituents is 3. The van der Waals surface area contributed by atoms with Crippen molar-refractivity contribution in [2.45, 2.75) is 20.8 Å². The molecule has 6 aromatic carbocycles. The van der Waals surface area contributed by atoms with Gasteiger partial charge >= 0.3 is 0 Å². The van der Waals surface area contributed by atoms with E-state index in [9.17, 15) is 15.3 Å². The van der Waals surface area contributed by atoms with E-state index in [1.54, 1.807) is 18.2 Å². The lowest BCUT2D eigenvalue weighted by molar-refractivity contribution is 0.467. The van der Waals surface area contributed by atoms with Crippen molar-refractivity contribution < 1.29 is 15.3 Å². The molecule has 3 N–H and O–H groups in total. The summed E-state index contributed by atoms with van der Waals surface area (Å²) in [6.07, 6.45) is 0. The van der Waals surface area contributed by atoms with E-state index in [4.69, 9.17) is 0 Å². The van der Waals surface area contributed by atoms with Crippen LogP contribution in [0.25, 0.3) is 50.2 Å². The van der Waals surface area contributed by atoms with Crippen molar-refractivity contribution in [3.8, 4) is 34.3 Å². The first-order valence-electron chi connectivity index (χ1n) is 16.1. The number of fused-ring (bicyclic) bond motifs is 3. The van der Waals surface area contributed by atoms with Gasteiger partial charge in [0.25, 0.3) is 0 Å². The highest BCUT2D eigenvalue weighted by atomic mass is 16.3. The summed E-state index contributed by atoms with van der Waals surface area (Å²) in [6.45, 7) is 5.89. The fourth-order valence-corrected chi connectivity index (χ4v) is 5.28. The van der Waals surface area contributed by atoms with Crippen molar-refractivity contribution in [2.24, 2.45) is 0 Å². The third-order valence-electron chi connectivity index (χ3n) is 7.90. The quantitative estimate of drug-likeness (QED) is 0.175. The monoisotopic (exact) mass is 675 g/mol. The largest absolute Gasteiger partial charge is 0.506 e. The van der Waals surface area contributed by atoms with Gasteiger partial charge < -0.3 is 15.3 Å². The number of benzene rings is 6. The molecule has 0 radical (unpaired) electrons. The number of hydrogen-bond donors (Lipinski definition) is 3. The highest BCUT2D eigenvalue weighted by molar-refractivity contribution is 5.75. The second-order valence-electron chi connectivity index (χ2n) is 11.9. The van der Waals surface area contributed by atoms with E-state index >= 15 is 0 Å². The number of hydrogen-bond acceptors (Lipinski definition) is 9. The fourth-order valence-electron chi connectivity index (χ4n) is 5.28. The first-order valence-corrected chi connectivity index (χ1v) is 16.1. The third kappa shape index (κ3) is 7.06. The Bertz CT molecular complexity index is 2250. The molecule has 0 spiro atoms. The van der Waals surface area contributed by atoms with E-state index < -0.39 is 0 Å². The summed E-state index contributed by atoms with van der Waals surface area (Å²) in [6, 6.07) is 38.9. The van der Waals surface area contributed by atoms with Crippen molar-refractivity contribution in [2.75, 3.05) is 0 Å². The summed E-state index contributed by atoms with van der Waals surface area (Å²) in [7, 11) is 0. The number of aromatic hydroxyl groups is 3. The molecule has 12 nitrogen and oxygen atoms in total. The number of rotatable bonds is 3. The smallest absolute Gasteiger partial charge is 0.143 e. The van der Waals surface area contributed by atoms with Gasteiger partial charge in [0.15, 0.2) is 0 Å². The minimum absolute atomic E-state index is 0.177. The average molecular weight is 676 g/mol. The summed E-state index contributed by atoms with van der Waals surface area (Å²) in [5, 5.41) is 55.4. The molecule has 3 heterocycles. The second kappa shape index (κ2) is 13.8. The maximum Gasteiger partial charge on any atom is 0.143 e. The second-order valence-corrected chi connectivity index (χ2v) is 11.9. The Morgan fingerprint density at radius 2 is 0.549 bits per heavy atom. The van der Waals surface area contributed by atoms with Gasteiger partial charge in [-0.05, 0) is 110 Å². The molecule has 0 saturated carbocycles. The van der Waals surface area contributed by atoms with Gasteiger partial charge in [0.2, 0.25) is 0 Å². The molecule has 0 unspecified atom stereocenters. The molecular weight excluding hydrogens is 642 g/mol. The van der Waals surface area contributed by atoms with Crippen molar-refractivity contribution >= 4 is 33.1 Å². The Balaban J connectivity index is 0.000000119. The zero-order valence-corrected chi connectivity index (χ0v) is 28.0. The highest BCUT2D eigenvalue weighted by Gasteiger charge is 2.10. The van der Waals surface area contributed by atoms with Crippen molar-refractivity contribution in [3.63, 3.8) is 0 Å². The Morgan fingerprint density at radius 3 is 0.765 bits per heavy atom. The van der Waals surface area contributed by atoms with Crippen LogP contribution in [0.1, 0.15) is 16.7 Å². The van der Waals surface area contributed by atoms with Gasteiger partial charge in [-0.2, -0.15) is 0 Å². The van der Waals surface area contributed by atoms with Crippen LogP contribution in [0.2, 0.25) is 0 Å². The summed E-state index contributed by atoms with van der Waals surface area (Å²) in [5.41, 5.74) is 9.84. The molecule has 0 aliphatic heterocycles. The van der Waals surface area contributed by atoms with Gasteiger partial charge in [-0.1, -0.05) is 54.6 Å². The predicted molar refractivity (Wildman–Crippen MR) is 196 cm³/mol. The van der Waals surface area contributed by atoms with Gasteiger partial charge in [0.05, 0.1) is 0 Å². The van der Waals surface area contributed by atoms with E-state index in [2.05, 4.69) is 30.6 Å². The van der Waals surface area contributed by atoms with E-state index in [-0.39, 0.29) is 17.2 Å². The molecule has 3 aromatic heterocycles. The molecular formula is C39H33N9O3. The molecule has 0 aliphatic carbocycles. The molecule has 0 fully saturated rings. The Labute approximate surface area is 292 Å². The Kier molecular flexibility index (Phi) is 8.79. The van der Waals surface area contributed by atoms with Crippen LogP contribution in [0.3, 0.4) is 0 Å². The number of phenols is 3. The number of aromatic nitrogens is 9. The molecule has 51 heavy (non-hydrogen) atoms. The summed E-state index contributed by atoms with van der Waals surface area (Å²) >= 11 is 0. The van der Waals surface area contributed by atoms with Crippen molar-refractivity contribution in [1.82, 2.24) is 45.0 Å².